The maximum Gasteiger partial charge on any atom is 0.357 e. The highest BCUT2D eigenvalue weighted by Gasteiger charge is 2.36. The normalized spacial score (nSPS) is 26.2. The Hall–Kier alpha value is -2.14. The van der Waals surface area contributed by atoms with Gasteiger partial charge in [-0.3, -0.25) is 4.90 Å². The number of carbonyl (C=O) groups is 1. The van der Waals surface area contributed by atoms with E-state index in [0.29, 0.717) is 17.4 Å². The lowest BCUT2D eigenvalue weighted by atomic mass is 9.86. The van der Waals surface area contributed by atoms with Crippen LogP contribution in [0.3, 0.4) is 0 Å². The third-order valence-corrected chi connectivity index (χ3v) is 4.96. The number of nitrogens with zero attached hydrogens (tertiary/aromatic N) is 2. The summed E-state index contributed by atoms with van der Waals surface area (Å²) in [5.41, 5.74) is 1.06. The molecule has 3 aliphatic heterocycles. The number of benzene rings is 1. The van der Waals surface area contributed by atoms with Crippen molar-refractivity contribution in [2.75, 3.05) is 26.7 Å². The predicted molar refractivity (Wildman–Crippen MR) is 86.7 cm³/mol. The number of ether oxygens (including phenoxy) is 2. The van der Waals surface area contributed by atoms with E-state index in [1.54, 1.807) is 13.2 Å². The number of pyridine rings is 1. The molecule has 4 heterocycles. The predicted octanol–water partition coefficient (Wildman–Crippen LogP) is 2.49. The van der Waals surface area contributed by atoms with Crippen LogP contribution in [0.4, 0.5) is 0 Å². The zero-order valence-corrected chi connectivity index (χ0v) is 13.2. The number of rotatable bonds is 3. The van der Waals surface area contributed by atoms with E-state index >= 15 is 0 Å². The molecule has 0 spiro atoms. The Labute approximate surface area is 135 Å². The van der Waals surface area contributed by atoms with Gasteiger partial charge in [0.1, 0.15) is 11.9 Å². The third kappa shape index (κ3) is 2.65. The summed E-state index contributed by atoms with van der Waals surface area (Å²) >= 11 is 0. The van der Waals surface area contributed by atoms with Crippen LogP contribution >= 0.6 is 0 Å². The second-order valence-electron chi connectivity index (χ2n) is 6.31. The molecule has 1 aromatic heterocycles. The van der Waals surface area contributed by atoms with Gasteiger partial charge in [-0.15, -0.1) is 0 Å². The number of hydrogen-bond donors (Lipinski definition) is 0. The van der Waals surface area contributed by atoms with Crippen molar-refractivity contribution in [1.29, 1.82) is 0 Å². The van der Waals surface area contributed by atoms with Gasteiger partial charge in [0.05, 0.1) is 12.6 Å². The minimum atomic E-state index is -0.354. The summed E-state index contributed by atoms with van der Waals surface area (Å²) in [6, 6.07) is 9.31. The van der Waals surface area contributed by atoms with Crippen molar-refractivity contribution in [3.63, 3.8) is 0 Å². The molecule has 5 nitrogen and oxygen atoms in total. The van der Waals surface area contributed by atoms with Crippen molar-refractivity contribution in [2.24, 2.45) is 5.92 Å². The number of hydrogen-bond acceptors (Lipinski definition) is 5. The molecule has 1 unspecified atom stereocenters. The smallest absolute Gasteiger partial charge is 0.357 e. The number of piperidine rings is 3. The van der Waals surface area contributed by atoms with Crippen LogP contribution in [-0.4, -0.2) is 48.7 Å². The quantitative estimate of drug-likeness (QED) is 0.815. The zero-order chi connectivity index (χ0) is 15.8. The topological polar surface area (TPSA) is 51.7 Å². The molecule has 1 atom stereocenters. The third-order valence-electron chi connectivity index (χ3n) is 4.96. The summed E-state index contributed by atoms with van der Waals surface area (Å²) in [5.74, 6) is 0.788. The van der Waals surface area contributed by atoms with Gasteiger partial charge in [0, 0.05) is 18.0 Å². The molecule has 5 rings (SSSR count). The first-order chi connectivity index (χ1) is 11.2. The van der Waals surface area contributed by atoms with Crippen LogP contribution in [0, 0.1) is 5.92 Å². The first kappa shape index (κ1) is 14.5. The minimum absolute atomic E-state index is 0.00994. The summed E-state index contributed by atoms with van der Waals surface area (Å²) in [6.45, 7) is 3.10. The Morgan fingerprint density at radius 2 is 2.04 bits per heavy atom. The molecule has 120 valence electrons. The van der Waals surface area contributed by atoms with Gasteiger partial charge < -0.3 is 9.47 Å². The molecule has 23 heavy (non-hydrogen) atoms. The van der Waals surface area contributed by atoms with Gasteiger partial charge in [-0.1, -0.05) is 12.1 Å². The fourth-order valence-electron chi connectivity index (χ4n) is 3.66. The van der Waals surface area contributed by atoms with Crippen molar-refractivity contribution in [1.82, 2.24) is 9.88 Å². The zero-order valence-electron chi connectivity index (χ0n) is 13.2. The molecule has 3 aliphatic rings. The van der Waals surface area contributed by atoms with Crippen LogP contribution in [0.5, 0.6) is 5.75 Å². The Morgan fingerprint density at radius 1 is 1.26 bits per heavy atom. The van der Waals surface area contributed by atoms with Crippen molar-refractivity contribution in [2.45, 2.75) is 18.9 Å². The Bertz CT molecular complexity index is 738. The molecule has 0 N–H and O–H groups in total. The van der Waals surface area contributed by atoms with Crippen molar-refractivity contribution >= 4 is 16.9 Å². The molecule has 0 saturated carbocycles. The van der Waals surface area contributed by atoms with Crippen molar-refractivity contribution < 1.29 is 14.3 Å². The molecule has 1 aromatic carbocycles. The largest absolute Gasteiger partial charge is 0.496 e. The summed E-state index contributed by atoms with van der Waals surface area (Å²) in [7, 11) is 1.60. The SMILES string of the molecule is COc1cc(C(=O)OC2CN3CCC2CC3)nc2ccccc12. The second-order valence-corrected chi connectivity index (χ2v) is 6.31. The highest BCUT2D eigenvalue weighted by molar-refractivity contribution is 5.94. The highest BCUT2D eigenvalue weighted by Crippen LogP contribution is 2.31. The number of para-hydroxylation sites is 1. The summed E-state index contributed by atoms with van der Waals surface area (Å²) in [4.78, 5) is 19.4. The lowest BCUT2D eigenvalue weighted by Crippen LogP contribution is -2.51. The van der Waals surface area contributed by atoms with Gasteiger partial charge in [0.15, 0.2) is 5.69 Å². The first-order valence-electron chi connectivity index (χ1n) is 8.11. The van der Waals surface area contributed by atoms with Crippen LogP contribution in [0.2, 0.25) is 0 Å². The number of methoxy groups -OCH3 is 1. The van der Waals surface area contributed by atoms with E-state index in [1.165, 1.54) is 0 Å². The molecule has 2 aromatic rings. The molecule has 0 aliphatic carbocycles. The lowest BCUT2D eigenvalue weighted by Gasteiger charge is -2.43. The molecule has 0 amide bonds. The molecule has 0 radical (unpaired) electrons. The van der Waals surface area contributed by atoms with Crippen LogP contribution in [0.25, 0.3) is 10.9 Å². The average molecular weight is 312 g/mol. The monoisotopic (exact) mass is 312 g/mol. The molecular formula is C18H20N2O3. The van der Waals surface area contributed by atoms with Gasteiger partial charge in [0.2, 0.25) is 0 Å². The standard InChI is InChI=1S/C18H20N2O3/c1-22-16-10-15(19-14-5-3-2-4-13(14)16)18(21)23-17-11-20-8-6-12(17)7-9-20/h2-5,10,12,17H,6-9,11H2,1H3. The van der Waals surface area contributed by atoms with E-state index < -0.39 is 0 Å². The van der Waals surface area contributed by atoms with Crippen molar-refractivity contribution in [3.05, 3.63) is 36.0 Å². The van der Waals surface area contributed by atoms with E-state index in [2.05, 4.69) is 9.88 Å². The van der Waals surface area contributed by atoms with E-state index in [9.17, 15) is 4.79 Å². The lowest BCUT2D eigenvalue weighted by molar-refractivity contribution is -0.0459. The fourth-order valence-corrected chi connectivity index (χ4v) is 3.66. The number of esters is 1. The van der Waals surface area contributed by atoms with E-state index in [1.807, 2.05) is 24.3 Å². The van der Waals surface area contributed by atoms with E-state index in [-0.39, 0.29) is 12.1 Å². The van der Waals surface area contributed by atoms with Crippen LogP contribution in [0.1, 0.15) is 23.3 Å². The first-order valence-corrected chi connectivity index (χ1v) is 8.11. The Kier molecular flexibility index (Phi) is 3.65. The maximum atomic E-state index is 12.5. The fraction of sp³-hybridized carbons (Fsp3) is 0.444. The maximum absolute atomic E-state index is 12.5. The van der Waals surface area contributed by atoms with E-state index in [0.717, 1.165) is 43.4 Å². The Balaban J connectivity index is 1.59. The molecule has 3 fully saturated rings. The Morgan fingerprint density at radius 3 is 2.74 bits per heavy atom. The minimum Gasteiger partial charge on any atom is -0.496 e. The van der Waals surface area contributed by atoms with E-state index in [4.69, 9.17) is 9.47 Å². The molecule has 2 bridgehead atoms. The highest BCUT2D eigenvalue weighted by atomic mass is 16.5. The van der Waals surface area contributed by atoms with Crippen LogP contribution < -0.4 is 4.74 Å². The number of carbonyl (C=O) groups excluding carboxylic acids is 1. The molecule has 3 saturated heterocycles. The average Bonchev–Trinajstić information content (AvgIpc) is 2.61. The summed E-state index contributed by atoms with van der Waals surface area (Å²) < 4.78 is 11.2. The van der Waals surface area contributed by atoms with Crippen molar-refractivity contribution in [3.8, 4) is 5.75 Å². The molecular weight excluding hydrogens is 292 g/mol. The van der Waals surface area contributed by atoms with Gasteiger partial charge in [-0.25, -0.2) is 9.78 Å². The second kappa shape index (κ2) is 5.81. The van der Waals surface area contributed by atoms with Gasteiger partial charge >= 0.3 is 5.97 Å². The van der Waals surface area contributed by atoms with Crippen LogP contribution in [0.15, 0.2) is 30.3 Å². The van der Waals surface area contributed by atoms with Crippen LogP contribution in [-0.2, 0) is 4.74 Å². The molecule has 5 heteroatoms. The van der Waals surface area contributed by atoms with Gasteiger partial charge in [-0.2, -0.15) is 0 Å². The number of aromatic nitrogens is 1. The van der Waals surface area contributed by atoms with Gasteiger partial charge in [0.25, 0.3) is 0 Å². The number of fused-ring (bicyclic) bond motifs is 4. The van der Waals surface area contributed by atoms with Gasteiger partial charge in [-0.05, 0) is 44.0 Å². The summed E-state index contributed by atoms with van der Waals surface area (Å²) in [5, 5.41) is 0.898. The summed E-state index contributed by atoms with van der Waals surface area (Å²) in [6.07, 6.45) is 2.23.